The lowest BCUT2D eigenvalue weighted by Gasteiger charge is -2.12. The molecular formula is C16H11F3O. The fourth-order valence-corrected chi connectivity index (χ4v) is 1.89. The lowest BCUT2D eigenvalue weighted by molar-refractivity contribution is -0.137. The summed E-state index contributed by atoms with van der Waals surface area (Å²) >= 11 is 0. The van der Waals surface area contributed by atoms with Crippen LogP contribution in [0.15, 0.2) is 42.5 Å². The van der Waals surface area contributed by atoms with E-state index in [4.69, 9.17) is 11.2 Å². The Morgan fingerprint density at radius 1 is 1.05 bits per heavy atom. The predicted octanol–water partition coefficient (Wildman–Crippen LogP) is 4.36. The van der Waals surface area contributed by atoms with E-state index in [1.165, 1.54) is 13.2 Å². The molecule has 0 fully saturated rings. The molecule has 102 valence electrons. The van der Waals surface area contributed by atoms with Crippen LogP contribution in [0.4, 0.5) is 13.2 Å². The van der Waals surface area contributed by atoms with Gasteiger partial charge in [-0.1, -0.05) is 24.1 Å². The second kappa shape index (κ2) is 5.30. The van der Waals surface area contributed by atoms with Gasteiger partial charge in [-0.2, -0.15) is 13.2 Å². The van der Waals surface area contributed by atoms with E-state index in [2.05, 4.69) is 5.92 Å². The second-order valence-electron chi connectivity index (χ2n) is 4.13. The second-order valence-corrected chi connectivity index (χ2v) is 4.13. The first-order valence-corrected chi connectivity index (χ1v) is 5.78. The molecule has 2 aromatic rings. The number of rotatable bonds is 2. The monoisotopic (exact) mass is 276 g/mol. The summed E-state index contributed by atoms with van der Waals surface area (Å²) in [7, 11) is 1.50. The molecule has 0 bridgehead atoms. The fraction of sp³-hybridized carbons (Fsp3) is 0.125. The molecule has 0 amide bonds. The van der Waals surface area contributed by atoms with E-state index in [1.54, 1.807) is 30.3 Å². The normalized spacial score (nSPS) is 10.9. The van der Waals surface area contributed by atoms with Crippen molar-refractivity contribution in [3.63, 3.8) is 0 Å². The third kappa shape index (κ3) is 2.77. The van der Waals surface area contributed by atoms with Crippen molar-refractivity contribution >= 4 is 0 Å². The topological polar surface area (TPSA) is 9.23 Å². The van der Waals surface area contributed by atoms with Crippen molar-refractivity contribution in [2.24, 2.45) is 0 Å². The quantitative estimate of drug-likeness (QED) is 0.740. The molecule has 0 saturated carbocycles. The molecule has 0 unspecified atom stereocenters. The molecule has 20 heavy (non-hydrogen) atoms. The molecule has 0 saturated heterocycles. The van der Waals surface area contributed by atoms with Crippen LogP contribution in [0.1, 0.15) is 11.1 Å². The van der Waals surface area contributed by atoms with Crippen LogP contribution in [-0.4, -0.2) is 7.11 Å². The van der Waals surface area contributed by atoms with Crippen LogP contribution in [-0.2, 0) is 6.18 Å². The molecule has 0 heterocycles. The summed E-state index contributed by atoms with van der Waals surface area (Å²) in [6.07, 6.45) is 0.636. The van der Waals surface area contributed by atoms with Crippen molar-refractivity contribution in [1.82, 2.24) is 0 Å². The highest BCUT2D eigenvalue weighted by atomic mass is 19.4. The van der Waals surface area contributed by atoms with Gasteiger partial charge in [-0.3, -0.25) is 0 Å². The largest absolute Gasteiger partial charge is 0.497 e. The van der Waals surface area contributed by atoms with E-state index in [0.717, 1.165) is 6.07 Å². The maximum absolute atomic E-state index is 13.0. The third-order valence-corrected chi connectivity index (χ3v) is 2.88. The number of terminal acetylenes is 1. The van der Waals surface area contributed by atoms with Crippen molar-refractivity contribution in [3.05, 3.63) is 53.6 Å². The van der Waals surface area contributed by atoms with Gasteiger partial charge < -0.3 is 4.74 Å². The zero-order chi connectivity index (χ0) is 14.8. The van der Waals surface area contributed by atoms with Gasteiger partial charge in [0.15, 0.2) is 0 Å². The number of ether oxygens (including phenoxy) is 1. The SMILES string of the molecule is C#Cc1ccc(-c2cccc(OC)c2)cc1C(F)(F)F. The lowest BCUT2D eigenvalue weighted by Crippen LogP contribution is -2.07. The van der Waals surface area contributed by atoms with E-state index < -0.39 is 11.7 Å². The average Bonchev–Trinajstić information content (AvgIpc) is 2.45. The Labute approximate surface area is 115 Å². The molecule has 0 aliphatic rings. The summed E-state index contributed by atoms with van der Waals surface area (Å²) in [5, 5.41) is 0. The zero-order valence-corrected chi connectivity index (χ0v) is 10.7. The maximum Gasteiger partial charge on any atom is 0.417 e. The van der Waals surface area contributed by atoms with E-state index >= 15 is 0 Å². The summed E-state index contributed by atoms with van der Waals surface area (Å²) in [6, 6.07) is 10.8. The minimum atomic E-state index is -4.48. The first-order valence-electron chi connectivity index (χ1n) is 5.78. The lowest BCUT2D eigenvalue weighted by atomic mass is 9.99. The van der Waals surface area contributed by atoms with Gasteiger partial charge in [0, 0.05) is 5.56 Å². The van der Waals surface area contributed by atoms with E-state index in [1.807, 2.05) is 0 Å². The van der Waals surface area contributed by atoms with Crippen LogP contribution in [0, 0.1) is 12.3 Å². The average molecular weight is 276 g/mol. The minimum Gasteiger partial charge on any atom is -0.497 e. The molecular weight excluding hydrogens is 265 g/mol. The summed E-state index contributed by atoms with van der Waals surface area (Å²) < 4.78 is 43.9. The van der Waals surface area contributed by atoms with Gasteiger partial charge in [-0.25, -0.2) is 0 Å². The van der Waals surface area contributed by atoms with Crippen LogP contribution < -0.4 is 4.74 Å². The molecule has 1 nitrogen and oxygen atoms in total. The van der Waals surface area contributed by atoms with Gasteiger partial charge in [0.1, 0.15) is 5.75 Å². The molecule has 0 radical (unpaired) electrons. The highest BCUT2D eigenvalue weighted by Crippen LogP contribution is 2.35. The van der Waals surface area contributed by atoms with Crippen LogP contribution in [0.2, 0.25) is 0 Å². The number of benzene rings is 2. The van der Waals surface area contributed by atoms with E-state index in [-0.39, 0.29) is 5.56 Å². The minimum absolute atomic E-state index is 0.163. The van der Waals surface area contributed by atoms with Crippen molar-refractivity contribution in [1.29, 1.82) is 0 Å². The number of halogens is 3. The van der Waals surface area contributed by atoms with Crippen LogP contribution >= 0.6 is 0 Å². The van der Waals surface area contributed by atoms with Gasteiger partial charge >= 0.3 is 6.18 Å². The van der Waals surface area contributed by atoms with E-state index in [9.17, 15) is 13.2 Å². The third-order valence-electron chi connectivity index (χ3n) is 2.88. The fourth-order valence-electron chi connectivity index (χ4n) is 1.89. The van der Waals surface area contributed by atoms with E-state index in [0.29, 0.717) is 16.9 Å². The molecule has 0 spiro atoms. The highest BCUT2D eigenvalue weighted by molar-refractivity contribution is 5.67. The van der Waals surface area contributed by atoms with Gasteiger partial charge in [0.25, 0.3) is 0 Å². The number of alkyl halides is 3. The first-order chi connectivity index (χ1) is 9.45. The van der Waals surface area contributed by atoms with Gasteiger partial charge in [-0.15, -0.1) is 6.42 Å². The standard InChI is InChI=1S/C16H11F3O/c1-3-11-7-8-13(10-15(11)16(17,18)19)12-5-4-6-14(9-12)20-2/h1,4-10H,2H3. The maximum atomic E-state index is 13.0. The predicted molar refractivity (Wildman–Crippen MR) is 71.4 cm³/mol. The van der Waals surface area contributed by atoms with Crippen molar-refractivity contribution in [2.75, 3.05) is 7.11 Å². The molecule has 0 atom stereocenters. The molecule has 2 rings (SSSR count). The molecule has 0 aromatic heterocycles. The molecule has 0 aliphatic heterocycles. The van der Waals surface area contributed by atoms with Crippen LogP contribution in [0.5, 0.6) is 5.75 Å². The Morgan fingerprint density at radius 2 is 1.75 bits per heavy atom. The Hall–Kier alpha value is -2.41. The van der Waals surface area contributed by atoms with Crippen molar-refractivity contribution in [2.45, 2.75) is 6.18 Å². The van der Waals surface area contributed by atoms with Crippen LogP contribution in [0.3, 0.4) is 0 Å². The summed E-state index contributed by atoms with van der Waals surface area (Å²) in [5.41, 5.74) is 0.109. The Bertz CT molecular complexity index is 666. The number of methoxy groups -OCH3 is 1. The molecule has 4 heteroatoms. The Kier molecular flexibility index (Phi) is 3.71. The first kappa shape index (κ1) is 14.0. The molecule has 0 aliphatic carbocycles. The summed E-state index contributed by atoms with van der Waals surface area (Å²) in [5.74, 6) is 2.64. The van der Waals surface area contributed by atoms with Gasteiger partial charge in [0.05, 0.1) is 12.7 Å². The summed E-state index contributed by atoms with van der Waals surface area (Å²) in [4.78, 5) is 0. The summed E-state index contributed by atoms with van der Waals surface area (Å²) in [6.45, 7) is 0. The van der Waals surface area contributed by atoms with Crippen molar-refractivity contribution in [3.8, 4) is 29.2 Å². The number of hydrogen-bond acceptors (Lipinski definition) is 1. The van der Waals surface area contributed by atoms with Crippen molar-refractivity contribution < 1.29 is 17.9 Å². The zero-order valence-electron chi connectivity index (χ0n) is 10.7. The smallest absolute Gasteiger partial charge is 0.417 e. The Morgan fingerprint density at radius 3 is 2.35 bits per heavy atom. The molecule has 0 N–H and O–H groups in total. The number of hydrogen-bond donors (Lipinski definition) is 0. The van der Waals surface area contributed by atoms with Crippen LogP contribution in [0.25, 0.3) is 11.1 Å². The Balaban J connectivity index is 2.56. The highest BCUT2D eigenvalue weighted by Gasteiger charge is 2.33. The van der Waals surface area contributed by atoms with Gasteiger partial charge in [-0.05, 0) is 35.4 Å². The molecule has 2 aromatic carbocycles. The van der Waals surface area contributed by atoms with Gasteiger partial charge in [0.2, 0.25) is 0 Å².